The first kappa shape index (κ1) is 14.0. The second-order valence-corrected chi connectivity index (χ2v) is 4.28. The molecular formula is C13H16N2O3. The Kier molecular flexibility index (Phi) is 4.29. The largest absolute Gasteiger partial charge is 0.467 e. The molecule has 1 unspecified atom stereocenters. The van der Waals surface area contributed by atoms with Gasteiger partial charge in [-0.05, 0) is 31.2 Å². The Morgan fingerprint density at radius 3 is 2.50 bits per heavy atom. The van der Waals surface area contributed by atoms with Crippen molar-refractivity contribution >= 4 is 11.7 Å². The Morgan fingerprint density at radius 2 is 2.06 bits per heavy atom. The first-order valence-electron chi connectivity index (χ1n) is 5.43. The molecule has 5 nitrogen and oxygen atoms in total. The van der Waals surface area contributed by atoms with Crippen LogP contribution in [0.15, 0.2) is 24.3 Å². The van der Waals surface area contributed by atoms with Crippen molar-refractivity contribution in [3.05, 3.63) is 29.8 Å². The second kappa shape index (κ2) is 5.52. The van der Waals surface area contributed by atoms with Crippen molar-refractivity contribution in [2.24, 2.45) is 0 Å². The highest BCUT2D eigenvalue weighted by atomic mass is 16.5. The topological polar surface area (TPSA) is 73.6 Å². The van der Waals surface area contributed by atoms with Crippen LogP contribution in [-0.4, -0.2) is 37.4 Å². The third-order valence-electron chi connectivity index (χ3n) is 2.61. The van der Waals surface area contributed by atoms with Gasteiger partial charge in [0.25, 0.3) is 0 Å². The zero-order valence-corrected chi connectivity index (χ0v) is 10.7. The second-order valence-electron chi connectivity index (χ2n) is 4.28. The number of benzene rings is 1. The quantitative estimate of drug-likeness (QED) is 0.802. The number of esters is 1. The summed E-state index contributed by atoms with van der Waals surface area (Å²) < 4.78 is 4.53. The normalized spacial score (nSPS) is 13.3. The SMILES string of the molecule is COC(=O)C(C)(O)CN(C)c1ccc(C#N)cc1. The van der Waals surface area contributed by atoms with Gasteiger partial charge in [-0.15, -0.1) is 0 Å². The van der Waals surface area contributed by atoms with E-state index in [1.807, 2.05) is 6.07 Å². The van der Waals surface area contributed by atoms with E-state index in [1.165, 1.54) is 14.0 Å². The smallest absolute Gasteiger partial charge is 0.339 e. The third kappa shape index (κ3) is 3.22. The molecule has 1 aromatic carbocycles. The van der Waals surface area contributed by atoms with Crippen LogP contribution >= 0.6 is 0 Å². The standard InChI is InChI=1S/C13H16N2O3/c1-13(17,12(16)18-3)9-15(2)11-6-4-10(8-14)5-7-11/h4-7,17H,9H2,1-3H3. The number of nitrogens with zero attached hydrogens (tertiary/aromatic N) is 2. The lowest BCUT2D eigenvalue weighted by Gasteiger charge is -2.28. The van der Waals surface area contributed by atoms with E-state index < -0.39 is 11.6 Å². The van der Waals surface area contributed by atoms with Gasteiger partial charge in [-0.3, -0.25) is 0 Å². The molecule has 1 atom stereocenters. The fraction of sp³-hybridized carbons (Fsp3) is 0.385. The molecule has 0 spiro atoms. The Morgan fingerprint density at radius 1 is 1.50 bits per heavy atom. The van der Waals surface area contributed by atoms with Crippen LogP contribution in [0, 0.1) is 11.3 Å². The summed E-state index contributed by atoms with van der Waals surface area (Å²) in [6.07, 6.45) is 0. The van der Waals surface area contributed by atoms with E-state index in [0.717, 1.165) is 5.69 Å². The van der Waals surface area contributed by atoms with E-state index >= 15 is 0 Å². The Labute approximate surface area is 106 Å². The Bertz CT molecular complexity index is 460. The number of rotatable bonds is 4. The summed E-state index contributed by atoms with van der Waals surface area (Å²) >= 11 is 0. The van der Waals surface area contributed by atoms with Gasteiger partial charge in [-0.25, -0.2) is 4.79 Å². The molecule has 5 heteroatoms. The monoisotopic (exact) mass is 248 g/mol. The minimum atomic E-state index is -1.57. The van der Waals surface area contributed by atoms with Crippen LogP contribution < -0.4 is 4.90 Å². The summed E-state index contributed by atoms with van der Waals surface area (Å²) in [5, 5.41) is 18.6. The van der Waals surface area contributed by atoms with Crippen LogP contribution in [0.3, 0.4) is 0 Å². The highest BCUT2D eigenvalue weighted by Gasteiger charge is 2.32. The van der Waals surface area contributed by atoms with Gasteiger partial charge in [0.15, 0.2) is 5.60 Å². The zero-order valence-electron chi connectivity index (χ0n) is 10.7. The molecule has 0 saturated heterocycles. The van der Waals surface area contributed by atoms with Crippen molar-refractivity contribution in [2.45, 2.75) is 12.5 Å². The molecule has 1 N–H and O–H groups in total. The summed E-state index contributed by atoms with van der Waals surface area (Å²) in [6, 6.07) is 8.90. The number of methoxy groups -OCH3 is 1. The third-order valence-corrected chi connectivity index (χ3v) is 2.61. The van der Waals surface area contributed by atoms with Crippen LogP contribution in [0.1, 0.15) is 12.5 Å². The van der Waals surface area contributed by atoms with E-state index in [-0.39, 0.29) is 6.54 Å². The number of hydrogen-bond donors (Lipinski definition) is 1. The molecule has 0 aromatic heterocycles. The van der Waals surface area contributed by atoms with E-state index in [9.17, 15) is 9.90 Å². The molecule has 0 fully saturated rings. The van der Waals surface area contributed by atoms with Crippen molar-refractivity contribution in [2.75, 3.05) is 25.6 Å². The number of anilines is 1. The number of hydrogen-bond acceptors (Lipinski definition) is 5. The summed E-state index contributed by atoms with van der Waals surface area (Å²) in [5.41, 5.74) is -0.206. The van der Waals surface area contributed by atoms with Gasteiger partial charge in [0.2, 0.25) is 0 Å². The molecule has 0 bridgehead atoms. The number of carbonyl (C=O) groups is 1. The Hall–Kier alpha value is -2.06. The predicted molar refractivity (Wildman–Crippen MR) is 67.1 cm³/mol. The van der Waals surface area contributed by atoms with E-state index in [1.54, 1.807) is 36.2 Å². The molecule has 1 rings (SSSR count). The van der Waals surface area contributed by atoms with Crippen LogP contribution in [-0.2, 0) is 9.53 Å². The van der Waals surface area contributed by atoms with Gasteiger partial charge in [0, 0.05) is 12.7 Å². The molecule has 96 valence electrons. The lowest BCUT2D eigenvalue weighted by molar-refractivity contribution is -0.159. The van der Waals surface area contributed by atoms with Gasteiger partial charge < -0.3 is 14.7 Å². The molecule has 0 aliphatic rings. The van der Waals surface area contributed by atoms with Gasteiger partial charge in [0.1, 0.15) is 0 Å². The average Bonchev–Trinajstić information content (AvgIpc) is 2.37. The lowest BCUT2D eigenvalue weighted by atomic mass is 10.1. The van der Waals surface area contributed by atoms with Gasteiger partial charge in [-0.1, -0.05) is 0 Å². The number of carbonyl (C=O) groups excluding carboxylic acids is 1. The first-order valence-corrected chi connectivity index (χ1v) is 5.43. The van der Waals surface area contributed by atoms with Gasteiger partial charge in [-0.2, -0.15) is 5.26 Å². The van der Waals surface area contributed by atoms with Crippen LogP contribution in [0.25, 0.3) is 0 Å². The molecule has 1 aromatic rings. The van der Waals surface area contributed by atoms with Crippen LogP contribution in [0.4, 0.5) is 5.69 Å². The molecule has 0 heterocycles. The van der Waals surface area contributed by atoms with Crippen LogP contribution in [0.5, 0.6) is 0 Å². The number of ether oxygens (including phenoxy) is 1. The molecule has 0 amide bonds. The molecule has 18 heavy (non-hydrogen) atoms. The molecule has 0 aliphatic heterocycles. The van der Waals surface area contributed by atoms with Gasteiger partial charge >= 0.3 is 5.97 Å². The fourth-order valence-corrected chi connectivity index (χ4v) is 1.63. The maximum absolute atomic E-state index is 11.4. The van der Waals surface area contributed by atoms with Crippen molar-refractivity contribution in [3.8, 4) is 6.07 Å². The highest BCUT2D eigenvalue weighted by molar-refractivity contribution is 5.79. The van der Waals surface area contributed by atoms with Crippen molar-refractivity contribution in [1.29, 1.82) is 5.26 Å². The summed E-state index contributed by atoms with van der Waals surface area (Å²) in [4.78, 5) is 13.1. The number of nitriles is 1. The first-order chi connectivity index (χ1) is 8.40. The maximum Gasteiger partial charge on any atom is 0.339 e. The van der Waals surface area contributed by atoms with Crippen molar-refractivity contribution in [3.63, 3.8) is 0 Å². The molecular weight excluding hydrogens is 232 g/mol. The lowest BCUT2D eigenvalue weighted by Crippen LogP contribution is -2.46. The van der Waals surface area contributed by atoms with Gasteiger partial charge in [0.05, 0.1) is 25.3 Å². The van der Waals surface area contributed by atoms with Crippen LogP contribution in [0.2, 0.25) is 0 Å². The van der Waals surface area contributed by atoms with E-state index in [2.05, 4.69) is 4.74 Å². The van der Waals surface area contributed by atoms with Crippen molar-refractivity contribution in [1.82, 2.24) is 0 Å². The summed E-state index contributed by atoms with van der Waals surface area (Å²) in [5.74, 6) is -0.678. The maximum atomic E-state index is 11.4. The summed E-state index contributed by atoms with van der Waals surface area (Å²) in [6.45, 7) is 1.50. The van der Waals surface area contributed by atoms with E-state index in [0.29, 0.717) is 5.56 Å². The molecule has 0 radical (unpaired) electrons. The highest BCUT2D eigenvalue weighted by Crippen LogP contribution is 2.17. The molecule has 0 aliphatic carbocycles. The summed E-state index contributed by atoms with van der Waals surface area (Å²) in [7, 11) is 2.98. The average molecular weight is 248 g/mol. The fourth-order valence-electron chi connectivity index (χ4n) is 1.63. The minimum Gasteiger partial charge on any atom is -0.467 e. The number of aliphatic hydroxyl groups is 1. The minimum absolute atomic E-state index is 0.103. The Balaban J connectivity index is 2.79. The number of likely N-dealkylation sites (N-methyl/N-ethyl adjacent to an activating group) is 1. The predicted octanol–water partition coefficient (Wildman–Crippen LogP) is 0.918. The zero-order chi connectivity index (χ0) is 13.8. The van der Waals surface area contributed by atoms with E-state index in [4.69, 9.17) is 5.26 Å². The van der Waals surface area contributed by atoms with Crippen molar-refractivity contribution < 1.29 is 14.6 Å². The molecule has 0 saturated carbocycles.